The van der Waals surface area contributed by atoms with Gasteiger partial charge in [-0.25, -0.2) is 9.37 Å². The van der Waals surface area contributed by atoms with Crippen molar-refractivity contribution in [2.24, 2.45) is 0 Å². The van der Waals surface area contributed by atoms with Gasteiger partial charge in [-0.15, -0.1) is 0 Å². The van der Waals surface area contributed by atoms with Crippen molar-refractivity contribution >= 4 is 17.0 Å². The van der Waals surface area contributed by atoms with E-state index in [2.05, 4.69) is 15.0 Å². The number of nitrogen functional groups attached to an aromatic ring is 1. The molecule has 10 heteroatoms. The number of ether oxygens (including phenoxy) is 4. The second-order valence-corrected chi connectivity index (χ2v) is 7.57. The molecule has 2 aliphatic rings. The van der Waals surface area contributed by atoms with Crippen LogP contribution in [0.1, 0.15) is 27.0 Å². The Morgan fingerprint density at radius 1 is 1.14 bits per heavy atom. The van der Waals surface area contributed by atoms with Crippen LogP contribution in [-0.4, -0.2) is 43.6 Å². The number of hydrogen-bond donors (Lipinski definition) is 1. The van der Waals surface area contributed by atoms with Gasteiger partial charge >= 0.3 is 6.01 Å². The fourth-order valence-corrected chi connectivity index (χ4v) is 3.76. The zero-order valence-electron chi connectivity index (χ0n) is 16.1. The predicted molar refractivity (Wildman–Crippen MR) is 99.6 cm³/mol. The van der Waals surface area contributed by atoms with Crippen LogP contribution in [-0.2, 0) is 14.2 Å². The van der Waals surface area contributed by atoms with Crippen LogP contribution in [0.25, 0.3) is 11.2 Å². The van der Waals surface area contributed by atoms with Crippen molar-refractivity contribution in [2.75, 3.05) is 5.73 Å². The number of nitrogens with two attached hydrogens (primary N) is 1. The van der Waals surface area contributed by atoms with E-state index in [1.54, 1.807) is 10.9 Å². The van der Waals surface area contributed by atoms with E-state index in [1.165, 1.54) is 24.3 Å². The summed E-state index contributed by atoms with van der Waals surface area (Å²) in [5.41, 5.74) is 6.93. The van der Waals surface area contributed by atoms with Gasteiger partial charge < -0.3 is 24.7 Å². The summed E-state index contributed by atoms with van der Waals surface area (Å²) in [6.45, 7) is 5.68. The van der Waals surface area contributed by atoms with E-state index in [1.807, 2.05) is 20.8 Å². The molecular formula is C19H20FN5O4. The molecule has 29 heavy (non-hydrogen) atoms. The number of nitrogens with zero attached hydrogens (tertiary/aromatic N) is 4. The lowest BCUT2D eigenvalue weighted by Gasteiger charge is -2.23. The molecule has 5 rings (SSSR count). The normalized spacial score (nSPS) is 28.0. The lowest BCUT2D eigenvalue weighted by Crippen LogP contribution is -2.27. The van der Waals surface area contributed by atoms with Gasteiger partial charge in [0.1, 0.15) is 23.8 Å². The SMILES string of the molecule is C[C@H]1O[C@@H](n2cnc3c(N)nc(Oc4ccc(F)cc4)nc32)[C@@H]2OC(C)(C)O[C@@H]21. The largest absolute Gasteiger partial charge is 0.424 e. The summed E-state index contributed by atoms with van der Waals surface area (Å²) >= 11 is 0. The fourth-order valence-electron chi connectivity index (χ4n) is 3.76. The molecule has 0 spiro atoms. The first kappa shape index (κ1) is 18.2. The van der Waals surface area contributed by atoms with Crippen LogP contribution in [0, 0.1) is 5.82 Å². The Hall–Kier alpha value is -2.82. The molecule has 1 aromatic carbocycles. The van der Waals surface area contributed by atoms with Gasteiger partial charge in [-0.2, -0.15) is 9.97 Å². The zero-order chi connectivity index (χ0) is 20.3. The highest BCUT2D eigenvalue weighted by atomic mass is 19.1. The first-order valence-corrected chi connectivity index (χ1v) is 9.25. The average Bonchev–Trinajstić information content (AvgIpc) is 3.30. The molecule has 0 amide bonds. The first-order valence-electron chi connectivity index (χ1n) is 9.25. The summed E-state index contributed by atoms with van der Waals surface area (Å²) < 4.78 is 38.6. The molecule has 2 aromatic heterocycles. The zero-order valence-corrected chi connectivity index (χ0v) is 16.1. The van der Waals surface area contributed by atoms with Crippen LogP contribution in [0.3, 0.4) is 0 Å². The summed E-state index contributed by atoms with van der Waals surface area (Å²) in [5.74, 6) is -0.517. The monoisotopic (exact) mass is 401 g/mol. The molecule has 0 bridgehead atoms. The standard InChI is InChI=1S/C19H20FN5O4/c1-9-13-14(29-19(2,3)28-13)17(26-9)25-8-22-12-15(21)23-18(24-16(12)25)27-11-6-4-10(20)5-7-11/h4-9,13-14,17H,1-3H3,(H2,21,23,24)/t9-,13-,14-,17-/m1/s1. The van der Waals surface area contributed by atoms with Gasteiger partial charge in [0.25, 0.3) is 0 Å². The van der Waals surface area contributed by atoms with Crippen LogP contribution in [0.4, 0.5) is 10.2 Å². The second-order valence-electron chi connectivity index (χ2n) is 7.57. The third-order valence-corrected chi connectivity index (χ3v) is 4.99. The van der Waals surface area contributed by atoms with Crippen LogP contribution in [0.2, 0.25) is 0 Å². The number of anilines is 1. The molecule has 2 N–H and O–H groups in total. The summed E-state index contributed by atoms with van der Waals surface area (Å²) in [6, 6.07) is 5.56. The van der Waals surface area contributed by atoms with E-state index < -0.39 is 12.0 Å². The van der Waals surface area contributed by atoms with Gasteiger partial charge in [-0.3, -0.25) is 4.57 Å². The van der Waals surface area contributed by atoms with Gasteiger partial charge in [0.05, 0.1) is 12.4 Å². The number of imidazole rings is 1. The molecule has 2 saturated heterocycles. The van der Waals surface area contributed by atoms with Crippen molar-refractivity contribution in [1.82, 2.24) is 19.5 Å². The number of rotatable bonds is 3. The summed E-state index contributed by atoms with van der Waals surface area (Å²) in [5, 5.41) is 0. The van der Waals surface area contributed by atoms with E-state index in [4.69, 9.17) is 24.7 Å². The third kappa shape index (κ3) is 3.09. The minimum absolute atomic E-state index is 0.0230. The molecule has 3 aromatic rings. The molecule has 4 atom stereocenters. The Morgan fingerprint density at radius 2 is 1.86 bits per heavy atom. The maximum atomic E-state index is 13.1. The minimum Gasteiger partial charge on any atom is -0.424 e. The van der Waals surface area contributed by atoms with Gasteiger partial charge in [-0.1, -0.05) is 0 Å². The van der Waals surface area contributed by atoms with E-state index in [-0.39, 0.29) is 36.0 Å². The maximum Gasteiger partial charge on any atom is 0.326 e. The van der Waals surface area contributed by atoms with Gasteiger partial charge in [0, 0.05) is 0 Å². The predicted octanol–water partition coefficient (Wildman–Crippen LogP) is 2.78. The molecule has 4 heterocycles. The van der Waals surface area contributed by atoms with Gasteiger partial charge in [0.15, 0.2) is 29.0 Å². The van der Waals surface area contributed by atoms with E-state index in [9.17, 15) is 4.39 Å². The van der Waals surface area contributed by atoms with E-state index in [0.29, 0.717) is 16.9 Å². The molecule has 2 aliphatic heterocycles. The number of benzene rings is 1. The van der Waals surface area contributed by atoms with Crippen LogP contribution in [0.15, 0.2) is 30.6 Å². The molecular weight excluding hydrogens is 381 g/mol. The van der Waals surface area contributed by atoms with Crippen LogP contribution in [0.5, 0.6) is 11.8 Å². The second kappa shape index (κ2) is 6.34. The average molecular weight is 401 g/mol. The Morgan fingerprint density at radius 3 is 2.62 bits per heavy atom. The van der Waals surface area contributed by atoms with Crippen molar-refractivity contribution in [3.63, 3.8) is 0 Å². The van der Waals surface area contributed by atoms with Crippen molar-refractivity contribution in [2.45, 2.75) is 51.1 Å². The lowest BCUT2D eigenvalue weighted by molar-refractivity contribution is -0.194. The molecule has 0 aliphatic carbocycles. The van der Waals surface area contributed by atoms with Crippen LogP contribution < -0.4 is 10.5 Å². The highest BCUT2D eigenvalue weighted by Gasteiger charge is 2.54. The number of aromatic nitrogens is 4. The van der Waals surface area contributed by atoms with Crippen molar-refractivity contribution in [3.8, 4) is 11.8 Å². The highest BCUT2D eigenvalue weighted by molar-refractivity contribution is 5.82. The molecule has 9 nitrogen and oxygen atoms in total. The van der Waals surface area contributed by atoms with E-state index >= 15 is 0 Å². The quantitative estimate of drug-likeness (QED) is 0.714. The summed E-state index contributed by atoms with van der Waals surface area (Å²) in [7, 11) is 0. The smallest absolute Gasteiger partial charge is 0.326 e. The summed E-state index contributed by atoms with van der Waals surface area (Å²) in [4.78, 5) is 12.9. The molecule has 0 saturated carbocycles. The Labute approximate surface area is 165 Å². The fraction of sp³-hybridized carbons (Fsp3) is 0.421. The Balaban J connectivity index is 1.52. The Bertz CT molecular complexity index is 1070. The minimum atomic E-state index is -0.702. The maximum absolute atomic E-state index is 13.1. The number of hydrogen-bond acceptors (Lipinski definition) is 8. The molecule has 0 radical (unpaired) electrons. The molecule has 152 valence electrons. The van der Waals surface area contributed by atoms with Crippen LogP contribution >= 0.6 is 0 Å². The van der Waals surface area contributed by atoms with E-state index in [0.717, 1.165) is 0 Å². The Kier molecular flexibility index (Phi) is 3.99. The summed E-state index contributed by atoms with van der Waals surface area (Å²) in [6.07, 6.45) is 0.399. The molecule has 0 unspecified atom stereocenters. The van der Waals surface area contributed by atoms with Gasteiger partial charge in [-0.05, 0) is 45.0 Å². The first-order chi connectivity index (χ1) is 13.8. The number of halogens is 1. The van der Waals surface area contributed by atoms with Crippen molar-refractivity contribution in [3.05, 3.63) is 36.4 Å². The van der Waals surface area contributed by atoms with Crippen molar-refractivity contribution < 1.29 is 23.3 Å². The molecule has 2 fully saturated rings. The topological polar surface area (TPSA) is 107 Å². The third-order valence-electron chi connectivity index (χ3n) is 4.99. The van der Waals surface area contributed by atoms with Crippen molar-refractivity contribution in [1.29, 1.82) is 0 Å². The lowest BCUT2D eigenvalue weighted by atomic mass is 10.1. The highest BCUT2D eigenvalue weighted by Crippen LogP contribution is 2.43. The van der Waals surface area contributed by atoms with Gasteiger partial charge in [0.2, 0.25) is 0 Å². The number of fused-ring (bicyclic) bond motifs is 2.